The van der Waals surface area contributed by atoms with Crippen LogP contribution in [-0.2, 0) is 0 Å². The zero-order chi connectivity index (χ0) is 22.4. The number of aryl methyl sites for hydroxylation is 1. The van der Waals surface area contributed by atoms with E-state index in [4.69, 9.17) is 8.83 Å². The Morgan fingerprint density at radius 3 is 1.71 bits per heavy atom. The van der Waals surface area contributed by atoms with Crippen molar-refractivity contribution in [2.45, 2.75) is 6.92 Å². The van der Waals surface area contributed by atoms with Gasteiger partial charge in [0.25, 0.3) is 0 Å². The topological polar surface area (TPSA) is 31.2 Å². The number of aromatic nitrogens is 1. The Balaban J connectivity index is 1.45. The second-order valence-corrected chi connectivity index (χ2v) is 9.07. The molecule has 0 bridgehead atoms. The van der Waals surface area contributed by atoms with Gasteiger partial charge in [-0.15, -0.1) is 0 Å². The smallest absolute Gasteiger partial charge is 0.178 e. The Kier molecular flexibility index (Phi) is 3.33. The van der Waals surface area contributed by atoms with Crippen molar-refractivity contribution in [2.24, 2.45) is 0 Å². The molecule has 0 aliphatic heterocycles. The first kappa shape index (κ1) is 18.0. The Bertz CT molecular complexity index is 2030. The summed E-state index contributed by atoms with van der Waals surface area (Å²) in [6.45, 7) is 2.11. The number of fused-ring (bicyclic) bond motifs is 10. The minimum absolute atomic E-state index is 0.806. The van der Waals surface area contributed by atoms with E-state index in [9.17, 15) is 0 Å². The number of hydrogen-bond donors (Lipinski definition) is 0. The van der Waals surface area contributed by atoms with Gasteiger partial charge in [-0.25, -0.2) is 0 Å². The normalized spacial score (nSPS) is 12.3. The average Bonchev–Trinajstić information content (AvgIpc) is 3.53. The summed E-state index contributed by atoms with van der Waals surface area (Å²) in [4.78, 5) is 0. The van der Waals surface area contributed by atoms with Crippen LogP contribution in [0.15, 0.2) is 106 Å². The van der Waals surface area contributed by atoms with E-state index in [2.05, 4.69) is 102 Å². The molecule has 0 aliphatic rings. The Hall–Kier alpha value is -4.50. The van der Waals surface area contributed by atoms with Crippen molar-refractivity contribution in [3.8, 4) is 5.69 Å². The quantitative estimate of drug-likeness (QED) is 0.257. The van der Waals surface area contributed by atoms with E-state index in [1.807, 2.05) is 6.07 Å². The summed E-state index contributed by atoms with van der Waals surface area (Å²) in [5.74, 6) is 0. The van der Waals surface area contributed by atoms with Crippen LogP contribution >= 0.6 is 0 Å². The maximum Gasteiger partial charge on any atom is 0.178 e. The van der Waals surface area contributed by atoms with E-state index in [0.29, 0.717) is 0 Å². The number of rotatable bonds is 1. The number of para-hydroxylation sites is 2. The number of furan rings is 2. The van der Waals surface area contributed by atoms with Crippen molar-refractivity contribution in [3.05, 3.63) is 103 Å². The summed E-state index contributed by atoms with van der Waals surface area (Å²) >= 11 is 0. The lowest BCUT2D eigenvalue weighted by Crippen LogP contribution is -1.93. The predicted octanol–water partition coefficient (Wildman–Crippen LogP) is 8.89. The molecular weight excluding hydrogens is 418 g/mol. The van der Waals surface area contributed by atoms with Gasteiger partial charge in [-0.3, -0.25) is 0 Å². The summed E-state index contributed by atoms with van der Waals surface area (Å²) in [5, 5.41) is 6.90. The van der Waals surface area contributed by atoms with Crippen LogP contribution in [0.1, 0.15) is 5.56 Å². The summed E-state index contributed by atoms with van der Waals surface area (Å²) in [7, 11) is 0. The van der Waals surface area contributed by atoms with E-state index >= 15 is 0 Å². The Morgan fingerprint density at radius 2 is 1.06 bits per heavy atom. The van der Waals surface area contributed by atoms with Gasteiger partial charge >= 0.3 is 0 Å². The molecule has 0 amide bonds. The van der Waals surface area contributed by atoms with E-state index in [1.54, 1.807) is 0 Å². The minimum atomic E-state index is 0.806. The lowest BCUT2D eigenvalue weighted by Gasteiger charge is -2.07. The highest BCUT2D eigenvalue weighted by Gasteiger charge is 2.17. The third kappa shape index (κ3) is 2.26. The molecule has 3 heterocycles. The fourth-order valence-electron chi connectivity index (χ4n) is 5.51. The lowest BCUT2D eigenvalue weighted by molar-refractivity contribution is 0.633. The maximum atomic E-state index is 6.37. The largest absolute Gasteiger partial charge is 0.452 e. The van der Waals surface area contributed by atoms with Crippen LogP contribution in [0.5, 0.6) is 0 Å². The second-order valence-electron chi connectivity index (χ2n) is 9.07. The van der Waals surface area contributed by atoms with Crippen molar-refractivity contribution >= 4 is 65.7 Å². The van der Waals surface area contributed by atoms with Gasteiger partial charge in [-0.05, 0) is 61.5 Å². The molecule has 3 nitrogen and oxygen atoms in total. The Morgan fingerprint density at radius 1 is 0.500 bits per heavy atom. The second kappa shape index (κ2) is 6.30. The minimum Gasteiger partial charge on any atom is -0.452 e. The van der Waals surface area contributed by atoms with Gasteiger partial charge in [-0.1, -0.05) is 48.0 Å². The van der Waals surface area contributed by atoms with Gasteiger partial charge in [-0.2, -0.15) is 0 Å². The molecule has 34 heavy (non-hydrogen) atoms. The molecule has 0 atom stereocenters. The molecule has 0 radical (unpaired) electrons. The van der Waals surface area contributed by atoms with Gasteiger partial charge in [0.2, 0.25) is 0 Å². The molecule has 8 rings (SSSR count). The fraction of sp³-hybridized carbons (Fsp3) is 0.0323. The highest BCUT2D eigenvalue weighted by molar-refractivity contribution is 6.19. The van der Waals surface area contributed by atoms with E-state index < -0.39 is 0 Å². The van der Waals surface area contributed by atoms with Gasteiger partial charge in [0.1, 0.15) is 11.2 Å². The molecule has 3 aromatic heterocycles. The third-order valence-electron chi connectivity index (χ3n) is 7.05. The van der Waals surface area contributed by atoms with Crippen LogP contribution in [0.2, 0.25) is 0 Å². The molecule has 0 fully saturated rings. The molecule has 5 aromatic carbocycles. The third-order valence-corrected chi connectivity index (χ3v) is 7.05. The molecule has 8 aromatic rings. The van der Waals surface area contributed by atoms with E-state index in [-0.39, 0.29) is 0 Å². The average molecular weight is 437 g/mol. The molecular formula is C31H19NO2. The molecule has 0 saturated heterocycles. The molecule has 3 heteroatoms. The highest BCUT2D eigenvalue weighted by atomic mass is 16.4. The van der Waals surface area contributed by atoms with Crippen molar-refractivity contribution in [1.82, 2.24) is 4.57 Å². The summed E-state index contributed by atoms with van der Waals surface area (Å²) < 4.78 is 15.0. The van der Waals surface area contributed by atoms with Crippen LogP contribution < -0.4 is 0 Å². The zero-order valence-corrected chi connectivity index (χ0v) is 18.5. The van der Waals surface area contributed by atoms with Crippen molar-refractivity contribution in [2.75, 3.05) is 0 Å². The fourth-order valence-corrected chi connectivity index (χ4v) is 5.51. The van der Waals surface area contributed by atoms with Gasteiger partial charge < -0.3 is 13.4 Å². The number of hydrogen-bond acceptors (Lipinski definition) is 2. The zero-order valence-electron chi connectivity index (χ0n) is 18.5. The van der Waals surface area contributed by atoms with Crippen LogP contribution in [-0.4, -0.2) is 4.57 Å². The van der Waals surface area contributed by atoms with E-state index in [1.165, 1.54) is 27.4 Å². The van der Waals surface area contributed by atoms with Gasteiger partial charge in [0.15, 0.2) is 11.2 Å². The Labute approximate surface area is 194 Å². The molecule has 160 valence electrons. The molecule has 0 spiro atoms. The first-order valence-corrected chi connectivity index (χ1v) is 11.5. The number of nitrogens with zero attached hydrogens (tertiary/aromatic N) is 1. The maximum absolute atomic E-state index is 6.37. The van der Waals surface area contributed by atoms with Crippen molar-refractivity contribution in [1.29, 1.82) is 0 Å². The number of benzene rings is 5. The summed E-state index contributed by atoms with van der Waals surface area (Å²) in [5.41, 5.74) is 8.11. The summed E-state index contributed by atoms with van der Waals surface area (Å²) in [6, 6.07) is 34.2. The van der Waals surface area contributed by atoms with Crippen molar-refractivity contribution in [3.63, 3.8) is 0 Å². The van der Waals surface area contributed by atoms with Crippen LogP contribution in [0.3, 0.4) is 0 Å². The van der Waals surface area contributed by atoms with Gasteiger partial charge in [0.05, 0.1) is 11.0 Å². The van der Waals surface area contributed by atoms with E-state index in [0.717, 1.165) is 49.6 Å². The molecule has 0 N–H and O–H groups in total. The predicted molar refractivity (Wildman–Crippen MR) is 140 cm³/mol. The van der Waals surface area contributed by atoms with Gasteiger partial charge in [0, 0.05) is 38.0 Å². The van der Waals surface area contributed by atoms with Crippen molar-refractivity contribution < 1.29 is 8.83 Å². The SMILES string of the molecule is Cc1ccc2oc3c(ccc4c5cc(-n6c7ccccc7c7ccccc76)ccc5oc43)c2c1. The standard InChI is InChI=1S/C31H19NO2/c1-18-10-14-28-24(16-18)22-12-13-23-25-17-19(11-15-29(25)34-31(23)30(22)33-28)32-26-8-4-2-6-20(26)21-7-3-5-9-27(21)32/h2-17H,1H3. The summed E-state index contributed by atoms with van der Waals surface area (Å²) in [6.07, 6.45) is 0. The molecule has 0 saturated carbocycles. The molecule has 0 unspecified atom stereocenters. The van der Waals surface area contributed by atoms with Crippen LogP contribution in [0.4, 0.5) is 0 Å². The lowest BCUT2D eigenvalue weighted by atomic mass is 10.1. The first-order chi connectivity index (χ1) is 16.8. The monoisotopic (exact) mass is 437 g/mol. The highest BCUT2D eigenvalue weighted by Crippen LogP contribution is 2.40. The molecule has 0 aliphatic carbocycles. The van der Waals surface area contributed by atoms with Crippen LogP contribution in [0, 0.1) is 6.92 Å². The van der Waals surface area contributed by atoms with Crippen LogP contribution in [0.25, 0.3) is 71.4 Å². The first-order valence-electron chi connectivity index (χ1n) is 11.5.